The lowest BCUT2D eigenvalue weighted by Crippen LogP contribution is -2.54. The van der Waals surface area contributed by atoms with E-state index in [0.717, 1.165) is 25.9 Å². The van der Waals surface area contributed by atoms with E-state index in [-0.39, 0.29) is 30.6 Å². The van der Waals surface area contributed by atoms with Crippen molar-refractivity contribution in [2.75, 3.05) is 39.5 Å². The first kappa shape index (κ1) is 21.5. The van der Waals surface area contributed by atoms with Gasteiger partial charge in [0.15, 0.2) is 0 Å². The highest BCUT2D eigenvalue weighted by atomic mass is 16.5. The quantitative estimate of drug-likeness (QED) is 0.567. The largest absolute Gasteiger partial charge is 0.394 e. The maximum Gasteiger partial charge on any atom is 0.234 e. The number of nitrogens with one attached hydrogen (secondary N) is 2. The van der Waals surface area contributed by atoms with Gasteiger partial charge in [-0.15, -0.1) is 0 Å². The Morgan fingerprint density at radius 2 is 1.71 bits per heavy atom. The molecule has 0 aromatic rings. The summed E-state index contributed by atoms with van der Waals surface area (Å²) in [7, 11) is 0. The summed E-state index contributed by atoms with van der Waals surface area (Å²) >= 11 is 0. The number of rotatable bonds is 7. The Balaban J connectivity index is 1.39. The number of carbonyl (C=O) groups is 2. The van der Waals surface area contributed by atoms with Gasteiger partial charge in [0.1, 0.15) is 6.10 Å². The second-order valence-electron chi connectivity index (χ2n) is 8.23. The molecule has 0 bridgehead atoms. The van der Waals surface area contributed by atoms with Crippen LogP contribution in [0.1, 0.15) is 51.4 Å². The van der Waals surface area contributed by atoms with Crippen molar-refractivity contribution >= 4 is 11.8 Å². The Labute approximate surface area is 167 Å². The van der Waals surface area contributed by atoms with Gasteiger partial charge < -0.3 is 25.2 Å². The molecule has 1 saturated carbocycles. The minimum Gasteiger partial charge on any atom is -0.394 e. The fourth-order valence-corrected chi connectivity index (χ4v) is 4.40. The van der Waals surface area contributed by atoms with Crippen LogP contribution >= 0.6 is 0 Å². The third-order valence-corrected chi connectivity index (χ3v) is 6.00. The van der Waals surface area contributed by atoms with Crippen LogP contribution in [-0.4, -0.2) is 85.6 Å². The van der Waals surface area contributed by atoms with Gasteiger partial charge in [-0.25, -0.2) is 0 Å². The lowest BCUT2D eigenvalue weighted by molar-refractivity contribution is -0.137. The number of hydrogen-bond acceptors (Lipinski definition) is 6. The SMILES string of the molecule is O=C(C[C@@H]1CC[C@H](NC(=O)CN2CCOCC2)[C@H](CO)O1)NC1CCCCC1. The van der Waals surface area contributed by atoms with E-state index in [1.54, 1.807) is 0 Å². The van der Waals surface area contributed by atoms with Gasteiger partial charge in [0.25, 0.3) is 0 Å². The van der Waals surface area contributed by atoms with E-state index in [0.29, 0.717) is 45.1 Å². The highest BCUT2D eigenvalue weighted by Gasteiger charge is 2.33. The first-order chi connectivity index (χ1) is 13.6. The van der Waals surface area contributed by atoms with E-state index in [1.807, 2.05) is 0 Å². The lowest BCUT2D eigenvalue weighted by Gasteiger charge is -2.36. The van der Waals surface area contributed by atoms with E-state index >= 15 is 0 Å². The van der Waals surface area contributed by atoms with E-state index in [9.17, 15) is 14.7 Å². The molecule has 2 saturated heterocycles. The van der Waals surface area contributed by atoms with Gasteiger partial charge in [0.2, 0.25) is 11.8 Å². The van der Waals surface area contributed by atoms with Crippen molar-refractivity contribution in [1.82, 2.24) is 15.5 Å². The maximum atomic E-state index is 12.3. The molecule has 0 radical (unpaired) electrons. The van der Waals surface area contributed by atoms with Gasteiger partial charge in [0, 0.05) is 19.1 Å². The van der Waals surface area contributed by atoms with Crippen molar-refractivity contribution in [2.45, 2.75) is 75.7 Å². The van der Waals surface area contributed by atoms with Gasteiger partial charge in [-0.05, 0) is 25.7 Å². The molecule has 2 heterocycles. The van der Waals surface area contributed by atoms with Crippen LogP contribution in [0.5, 0.6) is 0 Å². The van der Waals surface area contributed by atoms with Crippen molar-refractivity contribution in [3.05, 3.63) is 0 Å². The minimum atomic E-state index is -0.463. The Kier molecular flexibility index (Phi) is 8.51. The summed E-state index contributed by atoms with van der Waals surface area (Å²) in [4.78, 5) is 26.7. The Morgan fingerprint density at radius 3 is 2.43 bits per heavy atom. The first-order valence-corrected chi connectivity index (χ1v) is 10.8. The van der Waals surface area contributed by atoms with E-state index in [1.165, 1.54) is 19.3 Å². The molecule has 3 atom stereocenters. The molecule has 8 heteroatoms. The van der Waals surface area contributed by atoms with E-state index in [2.05, 4.69) is 15.5 Å². The normalized spacial score (nSPS) is 30.0. The molecule has 0 unspecified atom stereocenters. The highest BCUT2D eigenvalue weighted by Crippen LogP contribution is 2.23. The van der Waals surface area contributed by atoms with Gasteiger partial charge >= 0.3 is 0 Å². The average Bonchev–Trinajstić information content (AvgIpc) is 2.70. The third-order valence-electron chi connectivity index (χ3n) is 6.00. The molecular formula is C20H35N3O5. The zero-order chi connectivity index (χ0) is 19.8. The molecule has 2 amide bonds. The second kappa shape index (κ2) is 11.1. The van der Waals surface area contributed by atoms with Gasteiger partial charge in [-0.2, -0.15) is 0 Å². The molecule has 0 aromatic heterocycles. The van der Waals surface area contributed by atoms with Crippen LogP contribution in [0.15, 0.2) is 0 Å². The van der Waals surface area contributed by atoms with E-state index < -0.39 is 6.10 Å². The summed E-state index contributed by atoms with van der Waals surface area (Å²) in [6, 6.07) is 0.0851. The summed E-state index contributed by atoms with van der Waals surface area (Å²) < 4.78 is 11.2. The number of nitrogens with zero attached hydrogens (tertiary/aromatic N) is 1. The molecule has 3 fully saturated rings. The van der Waals surface area contributed by atoms with Crippen LogP contribution < -0.4 is 10.6 Å². The molecule has 1 aliphatic carbocycles. The molecule has 2 aliphatic heterocycles. The van der Waals surface area contributed by atoms with Crippen molar-refractivity contribution in [3.63, 3.8) is 0 Å². The summed E-state index contributed by atoms with van der Waals surface area (Å²) in [5, 5.41) is 15.8. The van der Waals surface area contributed by atoms with Crippen LogP contribution in [0.2, 0.25) is 0 Å². The molecule has 28 heavy (non-hydrogen) atoms. The molecule has 8 nitrogen and oxygen atoms in total. The maximum absolute atomic E-state index is 12.3. The summed E-state index contributed by atoms with van der Waals surface area (Å²) in [5.74, 6) is -0.0224. The zero-order valence-corrected chi connectivity index (χ0v) is 16.7. The second-order valence-corrected chi connectivity index (χ2v) is 8.23. The topological polar surface area (TPSA) is 100 Å². The van der Waals surface area contributed by atoms with Gasteiger partial charge in [-0.3, -0.25) is 14.5 Å². The molecule has 3 rings (SSSR count). The number of hydrogen-bond donors (Lipinski definition) is 3. The third kappa shape index (κ3) is 6.69. The number of amides is 2. The summed E-state index contributed by atoms with van der Waals surface area (Å²) in [6.07, 6.45) is 6.83. The lowest BCUT2D eigenvalue weighted by atomic mass is 9.94. The number of aliphatic hydroxyl groups is 1. The fraction of sp³-hybridized carbons (Fsp3) is 0.900. The number of morpholine rings is 1. The number of carbonyl (C=O) groups excluding carboxylic acids is 2. The van der Waals surface area contributed by atoms with Crippen LogP contribution in [0, 0.1) is 0 Å². The fourth-order valence-electron chi connectivity index (χ4n) is 4.40. The predicted octanol–water partition coefficient (Wildman–Crippen LogP) is 0.182. The summed E-state index contributed by atoms with van der Waals surface area (Å²) in [5.41, 5.74) is 0. The Morgan fingerprint density at radius 1 is 0.964 bits per heavy atom. The minimum absolute atomic E-state index is 0.0309. The molecule has 3 N–H and O–H groups in total. The molecule has 0 spiro atoms. The number of aliphatic hydroxyl groups excluding tert-OH is 1. The van der Waals surface area contributed by atoms with Gasteiger partial charge in [-0.1, -0.05) is 19.3 Å². The van der Waals surface area contributed by atoms with Crippen LogP contribution in [-0.2, 0) is 19.1 Å². The monoisotopic (exact) mass is 397 g/mol. The smallest absolute Gasteiger partial charge is 0.234 e. The van der Waals surface area contributed by atoms with Crippen LogP contribution in [0.25, 0.3) is 0 Å². The molecular weight excluding hydrogens is 362 g/mol. The summed E-state index contributed by atoms with van der Waals surface area (Å²) in [6.45, 7) is 3.01. The predicted molar refractivity (Wildman–Crippen MR) is 104 cm³/mol. The van der Waals surface area contributed by atoms with Crippen molar-refractivity contribution < 1.29 is 24.2 Å². The Bertz CT molecular complexity index is 506. The van der Waals surface area contributed by atoms with Crippen LogP contribution in [0.3, 0.4) is 0 Å². The van der Waals surface area contributed by atoms with Crippen molar-refractivity contribution in [3.8, 4) is 0 Å². The molecule has 0 aromatic carbocycles. The Hall–Kier alpha value is -1.22. The number of ether oxygens (including phenoxy) is 2. The van der Waals surface area contributed by atoms with Gasteiger partial charge in [0.05, 0.1) is 44.9 Å². The standard InChI is InChI=1S/C20H35N3O5/c24-14-18-17(22-20(26)13-23-8-10-27-11-9-23)7-6-16(28-18)12-19(25)21-15-4-2-1-3-5-15/h15-18,24H,1-14H2,(H,21,25)(H,22,26)/t16-,17-,18-/m0/s1. The van der Waals surface area contributed by atoms with Crippen molar-refractivity contribution in [1.29, 1.82) is 0 Å². The average molecular weight is 398 g/mol. The van der Waals surface area contributed by atoms with Crippen molar-refractivity contribution in [2.24, 2.45) is 0 Å². The highest BCUT2D eigenvalue weighted by molar-refractivity contribution is 5.78. The molecule has 160 valence electrons. The van der Waals surface area contributed by atoms with Crippen LogP contribution in [0.4, 0.5) is 0 Å². The zero-order valence-electron chi connectivity index (χ0n) is 16.7. The first-order valence-electron chi connectivity index (χ1n) is 10.8. The van der Waals surface area contributed by atoms with E-state index in [4.69, 9.17) is 9.47 Å². The molecule has 3 aliphatic rings.